The molecule has 0 saturated carbocycles. The van der Waals surface area contributed by atoms with Crippen LogP contribution in [0.15, 0.2) is 0 Å². The minimum absolute atomic E-state index is 0.0391. The number of nitrogens with one attached hydrogen (secondary N) is 1. The van der Waals surface area contributed by atoms with Crippen LogP contribution in [0.1, 0.15) is 164 Å². The molecule has 0 fully saturated rings. The molecule has 1 amide bonds. The Bertz CT molecular complexity index is 324. The van der Waals surface area contributed by atoms with Crippen LogP contribution < -0.4 is 5.32 Å². The Morgan fingerprint density at radius 2 is 0.931 bits per heavy atom. The lowest BCUT2D eigenvalue weighted by Crippen LogP contribution is -2.43. The molecule has 0 aliphatic rings. The largest absolute Gasteiger partial charge is 0.351 e. The molecule has 0 aliphatic carbocycles. The molecule has 1 N–H and O–H groups in total. The number of carbonyl (C=O) groups is 1. The number of amides is 1. The first-order valence-electron chi connectivity index (χ1n) is 13.3. The van der Waals surface area contributed by atoms with Gasteiger partial charge in [-0.05, 0) is 26.7 Å². The fraction of sp³-hybridized carbons (Fsp3) is 0.963. The summed E-state index contributed by atoms with van der Waals surface area (Å²) in [4.78, 5) is 12.0. The van der Waals surface area contributed by atoms with Crippen LogP contribution in [0, 0.1) is 0 Å². The lowest BCUT2D eigenvalue weighted by molar-refractivity contribution is -0.122. The number of hydrogen-bond acceptors (Lipinski definition) is 1. The quantitative estimate of drug-likeness (QED) is 0.199. The molecule has 0 radical (unpaired) electrons. The standard InChI is InChI=1S/C25H51NO.C2H6/c1-5-7-9-10-11-12-13-14-15-16-17-18-19-20-21-22-24(27)26-25(3,4)23-8-6-2;1-2/h5-23H2,1-4H3,(H,26,27);1-2H3. The monoisotopic (exact) mass is 411 g/mol. The van der Waals surface area contributed by atoms with Gasteiger partial charge in [0.15, 0.2) is 0 Å². The zero-order chi connectivity index (χ0) is 22.2. The van der Waals surface area contributed by atoms with Crippen molar-refractivity contribution in [3.63, 3.8) is 0 Å². The SMILES string of the molecule is CC.CCCCCCCCCCCCCCCCCC(=O)NC(C)(C)CCCC. The second kappa shape index (κ2) is 23.7. The molecule has 0 bridgehead atoms. The summed E-state index contributed by atoms with van der Waals surface area (Å²) >= 11 is 0. The molecule has 0 aromatic heterocycles. The van der Waals surface area contributed by atoms with E-state index in [0.29, 0.717) is 6.42 Å². The van der Waals surface area contributed by atoms with E-state index in [9.17, 15) is 4.79 Å². The third kappa shape index (κ3) is 25.4. The van der Waals surface area contributed by atoms with E-state index in [4.69, 9.17) is 0 Å². The summed E-state index contributed by atoms with van der Waals surface area (Å²) in [5.41, 5.74) is -0.0391. The molecular weight excluding hydrogens is 354 g/mol. The van der Waals surface area contributed by atoms with Gasteiger partial charge >= 0.3 is 0 Å². The van der Waals surface area contributed by atoms with Crippen LogP contribution >= 0.6 is 0 Å². The lowest BCUT2D eigenvalue weighted by Gasteiger charge is -2.26. The Balaban J connectivity index is 0. The van der Waals surface area contributed by atoms with Crippen molar-refractivity contribution >= 4 is 5.91 Å². The van der Waals surface area contributed by atoms with Crippen LogP contribution in [0.25, 0.3) is 0 Å². The molecule has 0 aromatic carbocycles. The van der Waals surface area contributed by atoms with E-state index in [2.05, 4.69) is 33.0 Å². The Kier molecular flexibility index (Phi) is 25.1. The Morgan fingerprint density at radius 3 is 1.31 bits per heavy atom. The summed E-state index contributed by atoms with van der Waals surface area (Å²) in [5.74, 6) is 0.241. The number of unbranched alkanes of at least 4 members (excludes halogenated alkanes) is 15. The number of carbonyl (C=O) groups excluding carboxylic acids is 1. The highest BCUT2D eigenvalue weighted by atomic mass is 16.1. The van der Waals surface area contributed by atoms with Gasteiger partial charge in [0.05, 0.1) is 0 Å². The van der Waals surface area contributed by atoms with Gasteiger partial charge in [-0.15, -0.1) is 0 Å². The normalized spacial score (nSPS) is 11.1. The molecular formula is C27H57NO. The molecule has 2 nitrogen and oxygen atoms in total. The van der Waals surface area contributed by atoms with Gasteiger partial charge in [-0.3, -0.25) is 4.79 Å². The number of rotatable bonds is 20. The van der Waals surface area contributed by atoms with Crippen LogP contribution in [-0.2, 0) is 4.79 Å². The van der Waals surface area contributed by atoms with Gasteiger partial charge in [-0.2, -0.15) is 0 Å². The molecule has 0 spiro atoms. The van der Waals surface area contributed by atoms with Crippen molar-refractivity contribution in [1.82, 2.24) is 5.32 Å². The minimum Gasteiger partial charge on any atom is -0.351 e. The van der Waals surface area contributed by atoms with E-state index in [0.717, 1.165) is 12.8 Å². The fourth-order valence-corrected chi connectivity index (χ4v) is 3.78. The Morgan fingerprint density at radius 1 is 0.586 bits per heavy atom. The maximum Gasteiger partial charge on any atom is 0.220 e. The maximum absolute atomic E-state index is 12.0. The molecule has 0 heterocycles. The van der Waals surface area contributed by atoms with Gasteiger partial charge in [-0.25, -0.2) is 0 Å². The van der Waals surface area contributed by atoms with Gasteiger partial charge in [-0.1, -0.05) is 130 Å². The van der Waals surface area contributed by atoms with Crippen molar-refractivity contribution in [2.75, 3.05) is 0 Å². The van der Waals surface area contributed by atoms with Crippen LogP contribution in [0.2, 0.25) is 0 Å². The Labute approximate surface area is 185 Å². The summed E-state index contributed by atoms with van der Waals surface area (Å²) in [6.07, 6.45) is 24.7. The van der Waals surface area contributed by atoms with Crippen LogP contribution in [0.3, 0.4) is 0 Å². The van der Waals surface area contributed by atoms with Gasteiger partial charge in [0.1, 0.15) is 0 Å². The van der Waals surface area contributed by atoms with Gasteiger partial charge in [0.2, 0.25) is 5.91 Å². The first kappa shape index (κ1) is 30.7. The third-order valence-electron chi connectivity index (χ3n) is 5.64. The lowest BCUT2D eigenvalue weighted by atomic mass is 9.97. The first-order valence-corrected chi connectivity index (χ1v) is 13.3. The highest BCUT2D eigenvalue weighted by molar-refractivity contribution is 5.76. The predicted octanol–water partition coefficient (Wildman–Crippen LogP) is 9.36. The van der Waals surface area contributed by atoms with Gasteiger partial charge in [0, 0.05) is 12.0 Å². The molecule has 2 heteroatoms. The second-order valence-electron chi connectivity index (χ2n) is 9.24. The highest BCUT2D eigenvalue weighted by Gasteiger charge is 2.18. The van der Waals surface area contributed by atoms with Crippen LogP contribution in [0.4, 0.5) is 0 Å². The first-order chi connectivity index (χ1) is 14.0. The summed E-state index contributed by atoms with van der Waals surface area (Å²) in [6.45, 7) is 12.8. The topological polar surface area (TPSA) is 29.1 Å². The van der Waals surface area contributed by atoms with E-state index in [-0.39, 0.29) is 11.4 Å². The average molecular weight is 412 g/mol. The second-order valence-corrected chi connectivity index (χ2v) is 9.24. The molecule has 0 aromatic rings. The molecule has 0 unspecified atom stereocenters. The van der Waals surface area contributed by atoms with E-state index < -0.39 is 0 Å². The molecule has 0 atom stereocenters. The average Bonchev–Trinajstić information content (AvgIpc) is 2.70. The van der Waals surface area contributed by atoms with Gasteiger partial charge in [0.25, 0.3) is 0 Å². The van der Waals surface area contributed by atoms with Crippen molar-refractivity contribution < 1.29 is 4.79 Å². The molecule has 0 saturated heterocycles. The smallest absolute Gasteiger partial charge is 0.220 e. The predicted molar refractivity (Wildman–Crippen MR) is 133 cm³/mol. The van der Waals surface area contributed by atoms with E-state index in [1.807, 2.05) is 13.8 Å². The summed E-state index contributed by atoms with van der Waals surface area (Å²) in [7, 11) is 0. The van der Waals surface area contributed by atoms with Crippen molar-refractivity contribution in [3.8, 4) is 0 Å². The summed E-state index contributed by atoms with van der Waals surface area (Å²) in [6, 6.07) is 0. The fourth-order valence-electron chi connectivity index (χ4n) is 3.78. The van der Waals surface area contributed by atoms with E-state index >= 15 is 0 Å². The summed E-state index contributed by atoms with van der Waals surface area (Å²) < 4.78 is 0. The maximum atomic E-state index is 12.0. The zero-order valence-corrected chi connectivity index (χ0v) is 21.3. The van der Waals surface area contributed by atoms with Crippen molar-refractivity contribution in [3.05, 3.63) is 0 Å². The molecule has 0 rings (SSSR count). The molecule has 176 valence electrons. The van der Waals surface area contributed by atoms with Gasteiger partial charge < -0.3 is 5.32 Å². The zero-order valence-electron chi connectivity index (χ0n) is 21.3. The highest BCUT2D eigenvalue weighted by Crippen LogP contribution is 2.15. The van der Waals surface area contributed by atoms with Crippen molar-refractivity contribution in [2.24, 2.45) is 0 Å². The van der Waals surface area contributed by atoms with Crippen LogP contribution in [-0.4, -0.2) is 11.4 Å². The number of hydrogen-bond donors (Lipinski definition) is 1. The van der Waals surface area contributed by atoms with Crippen molar-refractivity contribution in [1.29, 1.82) is 0 Å². The third-order valence-corrected chi connectivity index (χ3v) is 5.64. The Hall–Kier alpha value is -0.530. The minimum atomic E-state index is -0.0391. The van der Waals surface area contributed by atoms with Crippen LogP contribution in [0.5, 0.6) is 0 Å². The molecule has 29 heavy (non-hydrogen) atoms. The van der Waals surface area contributed by atoms with Crippen molar-refractivity contribution in [2.45, 2.75) is 169 Å². The molecule has 0 aliphatic heterocycles. The van der Waals surface area contributed by atoms with E-state index in [1.165, 1.54) is 103 Å². The summed E-state index contributed by atoms with van der Waals surface area (Å²) in [5, 5.41) is 3.20. The van der Waals surface area contributed by atoms with E-state index in [1.54, 1.807) is 0 Å².